The maximum atomic E-state index is 14.1. The van der Waals surface area contributed by atoms with Crippen molar-refractivity contribution in [2.24, 2.45) is 0 Å². The van der Waals surface area contributed by atoms with Crippen molar-refractivity contribution < 1.29 is 13.2 Å². The van der Waals surface area contributed by atoms with Crippen LogP contribution in [-0.4, -0.2) is 6.54 Å². The average Bonchev–Trinajstić information content (AvgIpc) is 2.43. The average molecular weight is 358 g/mol. The molecule has 0 heterocycles. The van der Waals surface area contributed by atoms with E-state index in [1.807, 2.05) is 6.92 Å². The quantitative estimate of drug-likeness (QED) is 0.813. The Labute approximate surface area is 130 Å². The lowest BCUT2D eigenvalue weighted by atomic mass is 9.98. The first kappa shape index (κ1) is 16.0. The van der Waals surface area contributed by atoms with Crippen molar-refractivity contribution in [2.75, 3.05) is 6.54 Å². The van der Waals surface area contributed by atoms with E-state index in [4.69, 9.17) is 0 Å². The van der Waals surface area contributed by atoms with E-state index in [0.717, 1.165) is 6.07 Å². The lowest BCUT2D eigenvalue weighted by Crippen LogP contribution is -2.24. The van der Waals surface area contributed by atoms with Crippen LogP contribution < -0.4 is 5.32 Å². The molecule has 0 aliphatic carbocycles. The van der Waals surface area contributed by atoms with Gasteiger partial charge in [0, 0.05) is 16.1 Å². The molecule has 0 bridgehead atoms. The molecule has 0 amide bonds. The first-order valence-corrected chi connectivity index (χ1v) is 7.43. The molecular weight excluding hydrogens is 343 g/mol. The van der Waals surface area contributed by atoms with Crippen LogP contribution >= 0.6 is 15.9 Å². The van der Waals surface area contributed by atoms with Gasteiger partial charge in [-0.2, -0.15) is 0 Å². The van der Waals surface area contributed by atoms with E-state index in [1.54, 1.807) is 12.1 Å². The molecule has 0 aliphatic heterocycles. The molecule has 0 aromatic heterocycles. The van der Waals surface area contributed by atoms with Crippen molar-refractivity contribution in [2.45, 2.75) is 19.4 Å². The second-order valence-corrected chi connectivity index (χ2v) is 5.61. The zero-order valence-electron chi connectivity index (χ0n) is 11.5. The van der Waals surface area contributed by atoms with Crippen LogP contribution in [-0.2, 0) is 6.42 Å². The van der Waals surface area contributed by atoms with E-state index < -0.39 is 17.7 Å². The molecule has 1 atom stereocenters. The van der Waals surface area contributed by atoms with Crippen LogP contribution in [0.15, 0.2) is 40.9 Å². The van der Waals surface area contributed by atoms with Gasteiger partial charge in [0.15, 0.2) is 11.6 Å². The third kappa shape index (κ3) is 3.86. The van der Waals surface area contributed by atoms with Crippen LogP contribution in [0.1, 0.15) is 24.1 Å². The normalized spacial score (nSPS) is 12.4. The summed E-state index contributed by atoms with van der Waals surface area (Å²) in [4.78, 5) is 0. The summed E-state index contributed by atoms with van der Waals surface area (Å²) in [5.41, 5.74) is 0.659. The molecule has 1 N–H and O–H groups in total. The van der Waals surface area contributed by atoms with Gasteiger partial charge in [0.25, 0.3) is 0 Å². The summed E-state index contributed by atoms with van der Waals surface area (Å²) in [6.07, 6.45) is 0.177. The van der Waals surface area contributed by atoms with Crippen LogP contribution in [0.5, 0.6) is 0 Å². The fraction of sp³-hybridized carbons (Fsp3) is 0.250. The predicted molar refractivity (Wildman–Crippen MR) is 80.6 cm³/mol. The third-order valence-electron chi connectivity index (χ3n) is 3.24. The van der Waals surface area contributed by atoms with Gasteiger partial charge < -0.3 is 5.32 Å². The Morgan fingerprint density at radius 3 is 2.52 bits per heavy atom. The summed E-state index contributed by atoms with van der Waals surface area (Å²) >= 11 is 3.20. The Kier molecular flexibility index (Phi) is 5.42. The van der Waals surface area contributed by atoms with Gasteiger partial charge in [-0.25, -0.2) is 13.2 Å². The summed E-state index contributed by atoms with van der Waals surface area (Å²) in [7, 11) is 0. The maximum Gasteiger partial charge on any atom is 0.162 e. The first-order chi connectivity index (χ1) is 10.0. The number of halogens is 4. The van der Waals surface area contributed by atoms with Crippen molar-refractivity contribution in [3.63, 3.8) is 0 Å². The van der Waals surface area contributed by atoms with E-state index >= 15 is 0 Å². The van der Waals surface area contributed by atoms with E-state index in [0.29, 0.717) is 16.6 Å². The molecule has 2 aromatic rings. The van der Waals surface area contributed by atoms with Crippen LogP contribution in [0.2, 0.25) is 0 Å². The Balaban J connectivity index is 2.33. The predicted octanol–water partition coefficient (Wildman–Crippen LogP) is 4.76. The molecule has 0 fully saturated rings. The van der Waals surface area contributed by atoms with Gasteiger partial charge >= 0.3 is 0 Å². The molecule has 21 heavy (non-hydrogen) atoms. The molecule has 2 aromatic carbocycles. The number of hydrogen-bond donors (Lipinski definition) is 1. The maximum absolute atomic E-state index is 14.1. The molecule has 1 unspecified atom stereocenters. The molecular formula is C16H15BrF3N. The minimum atomic E-state index is -0.890. The number of hydrogen-bond acceptors (Lipinski definition) is 1. The van der Waals surface area contributed by atoms with Crippen molar-refractivity contribution >= 4 is 15.9 Å². The zero-order chi connectivity index (χ0) is 15.4. The molecule has 0 saturated carbocycles. The Morgan fingerprint density at radius 1 is 1.10 bits per heavy atom. The molecule has 0 radical (unpaired) electrons. The summed E-state index contributed by atoms with van der Waals surface area (Å²) in [6.45, 7) is 2.48. The number of likely N-dealkylation sites (N-methyl/N-ethyl adjacent to an activating group) is 1. The summed E-state index contributed by atoms with van der Waals surface area (Å²) in [5.74, 6) is -2.15. The second kappa shape index (κ2) is 7.09. The number of rotatable bonds is 5. The molecule has 5 heteroatoms. The first-order valence-electron chi connectivity index (χ1n) is 6.64. The summed E-state index contributed by atoms with van der Waals surface area (Å²) in [5, 5.41) is 3.11. The van der Waals surface area contributed by atoms with Gasteiger partial charge in [-0.3, -0.25) is 0 Å². The van der Waals surface area contributed by atoms with Crippen LogP contribution in [0.4, 0.5) is 13.2 Å². The fourth-order valence-electron chi connectivity index (χ4n) is 2.25. The zero-order valence-corrected chi connectivity index (χ0v) is 13.1. The molecule has 0 aliphatic rings. The largest absolute Gasteiger partial charge is 0.310 e. The Bertz CT molecular complexity index is 631. The summed E-state index contributed by atoms with van der Waals surface area (Å²) < 4.78 is 41.8. The van der Waals surface area contributed by atoms with Crippen LogP contribution in [0.25, 0.3) is 0 Å². The Morgan fingerprint density at radius 2 is 1.86 bits per heavy atom. The van der Waals surface area contributed by atoms with Gasteiger partial charge in [-0.1, -0.05) is 41.1 Å². The standard InChI is InChI=1S/C16H15BrF3N/c1-2-21-15(12-7-6-11(17)9-14(12)19)8-10-4-3-5-13(18)16(10)20/h3-7,9,15,21H,2,8H2,1H3. The van der Waals surface area contributed by atoms with Crippen LogP contribution in [0.3, 0.4) is 0 Å². The van der Waals surface area contributed by atoms with Gasteiger partial charge in [-0.05, 0) is 36.7 Å². The molecule has 1 nitrogen and oxygen atoms in total. The lowest BCUT2D eigenvalue weighted by molar-refractivity contribution is 0.472. The summed E-state index contributed by atoms with van der Waals surface area (Å²) in [6, 6.07) is 8.35. The van der Waals surface area contributed by atoms with Gasteiger partial charge in [0.05, 0.1) is 0 Å². The highest BCUT2D eigenvalue weighted by Gasteiger charge is 2.18. The van der Waals surface area contributed by atoms with E-state index in [1.165, 1.54) is 18.2 Å². The van der Waals surface area contributed by atoms with E-state index in [-0.39, 0.29) is 17.8 Å². The van der Waals surface area contributed by atoms with Gasteiger partial charge in [0.1, 0.15) is 5.82 Å². The van der Waals surface area contributed by atoms with Crippen molar-refractivity contribution in [3.05, 3.63) is 69.4 Å². The monoisotopic (exact) mass is 357 g/mol. The second-order valence-electron chi connectivity index (χ2n) is 4.69. The van der Waals surface area contributed by atoms with Crippen LogP contribution in [0, 0.1) is 17.5 Å². The third-order valence-corrected chi connectivity index (χ3v) is 3.74. The molecule has 112 valence electrons. The molecule has 2 rings (SSSR count). The fourth-order valence-corrected chi connectivity index (χ4v) is 2.58. The topological polar surface area (TPSA) is 12.0 Å². The Hall–Kier alpha value is -1.33. The number of benzene rings is 2. The highest BCUT2D eigenvalue weighted by molar-refractivity contribution is 9.10. The highest BCUT2D eigenvalue weighted by Crippen LogP contribution is 2.25. The highest BCUT2D eigenvalue weighted by atomic mass is 79.9. The van der Waals surface area contributed by atoms with Crippen molar-refractivity contribution in [1.82, 2.24) is 5.32 Å². The molecule has 0 spiro atoms. The van der Waals surface area contributed by atoms with Gasteiger partial charge in [0.2, 0.25) is 0 Å². The minimum Gasteiger partial charge on any atom is -0.310 e. The minimum absolute atomic E-state index is 0.177. The van der Waals surface area contributed by atoms with Crippen molar-refractivity contribution in [1.29, 1.82) is 0 Å². The van der Waals surface area contributed by atoms with E-state index in [2.05, 4.69) is 21.2 Å². The van der Waals surface area contributed by atoms with Gasteiger partial charge in [-0.15, -0.1) is 0 Å². The number of nitrogens with one attached hydrogen (secondary N) is 1. The SMILES string of the molecule is CCNC(Cc1cccc(F)c1F)c1ccc(Br)cc1F. The lowest BCUT2D eigenvalue weighted by Gasteiger charge is -2.19. The van der Waals surface area contributed by atoms with Crippen molar-refractivity contribution in [3.8, 4) is 0 Å². The smallest absolute Gasteiger partial charge is 0.162 e. The molecule has 0 saturated heterocycles. The van der Waals surface area contributed by atoms with E-state index in [9.17, 15) is 13.2 Å².